The predicted octanol–water partition coefficient (Wildman–Crippen LogP) is 5.36. The van der Waals surface area contributed by atoms with Gasteiger partial charge >= 0.3 is 6.29 Å². The number of pyridine rings is 1. The number of anilines is 1. The van der Waals surface area contributed by atoms with Crippen LogP contribution >= 0.6 is 0 Å². The molecular formula is C24H20F2N2O3. The summed E-state index contributed by atoms with van der Waals surface area (Å²) >= 11 is 0. The Morgan fingerprint density at radius 1 is 0.968 bits per heavy atom. The standard InChI is InChI=1S/C24H20F2N2O3/c1-14-3-6-16(7-4-14)21-15(2)5-10-20(27-21)28-22(29)23(11-12-23)17-8-9-18-19(13-17)31-24(25,26)30-18/h3-10,13H,11-12H2,1-2H3,(H,27,28,29). The van der Waals surface area contributed by atoms with E-state index in [1.807, 2.05) is 44.2 Å². The molecule has 0 bridgehead atoms. The number of alkyl halides is 2. The van der Waals surface area contributed by atoms with Crippen molar-refractivity contribution < 1.29 is 23.0 Å². The highest BCUT2D eigenvalue weighted by molar-refractivity contribution is 6.01. The van der Waals surface area contributed by atoms with Gasteiger partial charge in [0.2, 0.25) is 5.91 Å². The van der Waals surface area contributed by atoms with E-state index in [1.54, 1.807) is 12.1 Å². The lowest BCUT2D eigenvalue weighted by Crippen LogP contribution is -2.28. The fraction of sp³-hybridized carbons (Fsp3) is 0.250. The van der Waals surface area contributed by atoms with Crippen LogP contribution in [-0.4, -0.2) is 17.2 Å². The number of ether oxygens (including phenoxy) is 2. The molecule has 1 aliphatic carbocycles. The highest BCUT2D eigenvalue weighted by Gasteiger charge is 2.53. The van der Waals surface area contributed by atoms with Crippen LogP contribution in [0.3, 0.4) is 0 Å². The van der Waals surface area contributed by atoms with E-state index in [9.17, 15) is 13.6 Å². The van der Waals surface area contributed by atoms with E-state index < -0.39 is 11.7 Å². The van der Waals surface area contributed by atoms with Gasteiger partial charge < -0.3 is 14.8 Å². The highest BCUT2D eigenvalue weighted by Crippen LogP contribution is 2.52. The number of nitrogens with one attached hydrogen (secondary N) is 1. The molecule has 0 unspecified atom stereocenters. The summed E-state index contributed by atoms with van der Waals surface area (Å²) in [5.74, 6) is 0.138. The van der Waals surface area contributed by atoms with Crippen molar-refractivity contribution in [2.75, 3.05) is 5.32 Å². The molecule has 0 atom stereocenters. The number of amides is 1. The number of benzene rings is 2. The van der Waals surface area contributed by atoms with Crippen LogP contribution in [0.4, 0.5) is 14.6 Å². The first-order chi connectivity index (χ1) is 14.8. The molecule has 1 N–H and O–H groups in total. The number of hydrogen-bond donors (Lipinski definition) is 1. The molecular weight excluding hydrogens is 402 g/mol. The van der Waals surface area contributed by atoms with E-state index in [-0.39, 0.29) is 17.4 Å². The highest BCUT2D eigenvalue weighted by atomic mass is 19.3. The third kappa shape index (κ3) is 3.50. The monoisotopic (exact) mass is 422 g/mol. The van der Waals surface area contributed by atoms with Crippen molar-refractivity contribution in [2.45, 2.75) is 38.4 Å². The van der Waals surface area contributed by atoms with Gasteiger partial charge in [-0.3, -0.25) is 4.79 Å². The van der Waals surface area contributed by atoms with Crippen molar-refractivity contribution in [3.63, 3.8) is 0 Å². The van der Waals surface area contributed by atoms with Gasteiger partial charge in [-0.2, -0.15) is 0 Å². The summed E-state index contributed by atoms with van der Waals surface area (Å²) < 4.78 is 35.6. The maximum absolute atomic E-state index is 13.3. The van der Waals surface area contributed by atoms with Gasteiger partial charge in [-0.05, 0) is 56.0 Å². The molecule has 2 aliphatic rings. The third-order valence-corrected chi connectivity index (χ3v) is 5.80. The fourth-order valence-corrected chi connectivity index (χ4v) is 3.86. The van der Waals surface area contributed by atoms with Crippen molar-refractivity contribution in [3.8, 4) is 22.8 Å². The van der Waals surface area contributed by atoms with Gasteiger partial charge in [0.05, 0.1) is 11.1 Å². The molecule has 0 radical (unpaired) electrons. The zero-order valence-corrected chi connectivity index (χ0v) is 17.0. The number of rotatable bonds is 4. The van der Waals surface area contributed by atoms with E-state index >= 15 is 0 Å². The quantitative estimate of drug-likeness (QED) is 0.615. The minimum atomic E-state index is -3.68. The topological polar surface area (TPSA) is 60.5 Å². The SMILES string of the molecule is Cc1ccc(-c2nc(NC(=O)C3(c4ccc5c(c4)OC(F)(F)O5)CC3)ccc2C)cc1. The van der Waals surface area contributed by atoms with Gasteiger partial charge in [0.1, 0.15) is 5.82 Å². The summed E-state index contributed by atoms with van der Waals surface area (Å²) in [6.45, 7) is 3.99. The largest absolute Gasteiger partial charge is 0.586 e. The van der Waals surface area contributed by atoms with Crippen molar-refractivity contribution in [1.82, 2.24) is 4.98 Å². The van der Waals surface area contributed by atoms with E-state index in [4.69, 9.17) is 0 Å². The molecule has 0 spiro atoms. The van der Waals surface area contributed by atoms with Crippen molar-refractivity contribution in [3.05, 3.63) is 71.3 Å². The lowest BCUT2D eigenvalue weighted by atomic mass is 9.94. The lowest BCUT2D eigenvalue weighted by Gasteiger charge is -2.17. The zero-order chi connectivity index (χ0) is 21.8. The Morgan fingerprint density at radius 2 is 1.68 bits per heavy atom. The Kier molecular flexibility index (Phi) is 4.25. The molecule has 7 heteroatoms. The van der Waals surface area contributed by atoms with Gasteiger partial charge in [0.25, 0.3) is 0 Å². The van der Waals surface area contributed by atoms with Crippen LogP contribution in [0.25, 0.3) is 11.3 Å². The predicted molar refractivity (Wildman–Crippen MR) is 111 cm³/mol. The van der Waals surface area contributed by atoms with Crippen LogP contribution in [0.15, 0.2) is 54.6 Å². The number of aryl methyl sites for hydroxylation is 2. The number of carbonyl (C=O) groups is 1. The summed E-state index contributed by atoms with van der Waals surface area (Å²) in [6, 6.07) is 16.2. The lowest BCUT2D eigenvalue weighted by molar-refractivity contribution is -0.286. The Bertz CT molecular complexity index is 1190. The first kappa shape index (κ1) is 19.5. The zero-order valence-electron chi connectivity index (χ0n) is 17.0. The summed E-state index contributed by atoms with van der Waals surface area (Å²) in [7, 11) is 0. The number of aromatic nitrogens is 1. The number of fused-ring (bicyclic) bond motifs is 1. The Hall–Kier alpha value is -3.48. The minimum Gasteiger partial charge on any atom is -0.395 e. The molecule has 2 heterocycles. The van der Waals surface area contributed by atoms with E-state index in [2.05, 4.69) is 19.8 Å². The molecule has 2 aromatic carbocycles. The molecule has 5 nitrogen and oxygen atoms in total. The Balaban J connectivity index is 1.40. The third-order valence-electron chi connectivity index (χ3n) is 5.80. The molecule has 1 fully saturated rings. The smallest absolute Gasteiger partial charge is 0.395 e. The number of halogens is 2. The molecule has 1 aromatic heterocycles. The molecule has 1 saturated carbocycles. The van der Waals surface area contributed by atoms with Crippen molar-refractivity contribution in [1.29, 1.82) is 0 Å². The number of hydrogen-bond acceptors (Lipinski definition) is 4. The van der Waals surface area contributed by atoms with Crippen LogP contribution in [0.2, 0.25) is 0 Å². The fourth-order valence-electron chi connectivity index (χ4n) is 3.86. The molecule has 158 valence electrons. The first-order valence-corrected chi connectivity index (χ1v) is 10.0. The maximum Gasteiger partial charge on any atom is 0.586 e. The Morgan fingerprint density at radius 3 is 2.39 bits per heavy atom. The second-order valence-electron chi connectivity index (χ2n) is 8.09. The molecule has 1 aliphatic heterocycles. The molecule has 0 saturated heterocycles. The number of carbonyl (C=O) groups excluding carboxylic acids is 1. The van der Waals surface area contributed by atoms with Gasteiger partial charge in [0.15, 0.2) is 11.5 Å². The van der Waals surface area contributed by atoms with Crippen LogP contribution < -0.4 is 14.8 Å². The summed E-state index contributed by atoms with van der Waals surface area (Å²) in [5, 5.41) is 2.91. The average molecular weight is 422 g/mol. The molecule has 1 amide bonds. The van der Waals surface area contributed by atoms with Crippen LogP contribution in [0, 0.1) is 13.8 Å². The number of nitrogens with zero attached hydrogens (tertiary/aromatic N) is 1. The summed E-state index contributed by atoms with van der Waals surface area (Å²) in [4.78, 5) is 17.8. The minimum absolute atomic E-state index is 0.0344. The van der Waals surface area contributed by atoms with Crippen molar-refractivity contribution in [2.24, 2.45) is 0 Å². The van der Waals surface area contributed by atoms with Gasteiger partial charge in [-0.1, -0.05) is 42.0 Å². The van der Waals surface area contributed by atoms with Crippen LogP contribution in [0.1, 0.15) is 29.5 Å². The van der Waals surface area contributed by atoms with E-state index in [0.29, 0.717) is 24.2 Å². The Labute approximate surface area is 178 Å². The van der Waals surface area contributed by atoms with Gasteiger partial charge in [0, 0.05) is 5.56 Å². The van der Waals surface area contributed by atoms with E-state index in [0.717, 1.165) is 22.4 Å². The van der Waals surface area contributed by atoms with Gasteiger partial charge in [-0.25, -0.2) is 4.98 Å². The summed E-state index contributed by atoms with van der Waals surface area (Å²) in [5.41, 5.74) is 3.76. The molecule has 31 heavy (non-hydrogen) atoms. The van der Waals surface area contributed by atoms with Gasteiger partial charge in [-0.15, -0.1) is 8.78 Å². The van der Waals surface area contributed by atoms with Crippen LogP contribution in [0.5, 0.6) is 11.5 Å². The molecule has 5 rings (SSSR count). The average Bonchev–Trinajstić information content (AvgIpc) is 3.47. The second-order valence-corrected chi connectivity index (χ2v) is 8.09. The van der Waals surface area contributed by atoms with Crippen molar-refractivity contribution >= 4 is 11.7 Å². The molecule has 3 aromatic rings. The maximum atomic E-state index is 13.3. The normalized spacial score (nSPS) is 17.3. The summed E-state index contributed by atoms with van der Waals surface area (Å²) in [6.07, 6.45) is -2.45. The van der Waals surface area contributed by atoms with E-state index in [1.165, 1.54) is 12.1 Å². The second kappa shape index (κ2) is 6.77. The first-order valence-electron chi connectivity index (χ1n) is 10.0. The van der Waals surface area contributed by atoms with Crippen LogP contribution in [-0.2, 0) is 10.2 Å².